The van der Waals surface area contributed by atoms with E-state index in [9.17, 15) is 4.79 Å². The van der Waals surface area contributed by atoms with Crippen molar-refractivity contribution in [2.45, 2.75) is 5.03 Å². The zero-order chi connectivity index (χ0) is 17.8. The lowest BCUT2D eigenvalue weighted by molar-refractivity contribution is 0.102. The van der Waals surface area contributed by atoms with Crippen LogP contribution in [0.2, 0.25) is 5.02 Å². The van der Waals surface area contributed by atoms with Crippen LogP contribution in [0.4, 0.5) is 0 Å². The monoisotopic (exact) mass is 497 g/mol. The molecule has 0 N–H and O–H groups in total. The molecule has 0 spiro atoms. The second-order valence-corrected chi connectivity index (χ2v) is 8.07. The quantitative estimate of drug-likeness (QED) is 0.333. The van der Waals surface area contributed by atoms with Gasteiger partial charge in [-0.2, -0.15) is 0 Å². The first kappa shape index (κ1) is 18.5. The molecule has 25 heavy (non-hydrogen) atoms. The highest BCUT2D eigenvalue weighted by Crippen LogP contribution is 2.32. The summed E-state index contributed by atoms with van der Waals surface area (Å²) in [6, 6.07) is 12.8. The zero-order valence-corrected chi connectivity index (χ0v) is 17.4. The number of rotatable bonds is 5. The number of Topliss-reactive ketones (excluding diaryl/α,β-unsaturated/α-hetero) is 1. The van der Waals surface area contributed by atoms with E-state index in [4.69, 9.17) is 11.6 Å². The maximum atomic E-state index is 12.5. The SMILES string of the molecule is O=C(CSc1nncnc1-c1ccccc1Cl)c1ccc(Br)cc1Br. The molecule has 0 aliphatic rings. The van der Waals surface area contributed by atoms with Gasteiger partial charge in [-0.25, -0.2) is 4.98 Å². The van der Waals surface area contributed by atoms with Gasteiger partial charge in [0.2, 0.25) is 0 Å². The van der Waals surface area contributed by atoms with E-state index >= 15 is 0 Å². The average Bonchev–Trinajstić information content (AvgIpc) is 2.60. The number of aromatic nitrogens is 3. The van der Waals surface area contributed by atoms with Gasteiger partial charge in [0.15, 0.2) is 5.78 Å². The predicted octanol–water partition coefficient (Wildman–Crippen LogP) is 5.69. The summed E-state index contributed by atoms with van der Waals surface area (Å²) in [4.78, 5) is 16.8. The zero-order valence-electron chi connectivity index (χ0n) is 12.6. The second-order valence-electron chi connectivity index (χ2n) is 4.93. The molecule has 3 rings (SSSR count). The van der Waals surface area contributed by atoms with E-state index in [1.807, 2.05) is 30.3 Å². The Morgan fingerprint density at radius 1 is 1.16 bits per heavy atom. The molecule has 3 aromatic rings. The third-order valence-electron chi connectivity index (χ3n) is 3.29. The summed E-state index contributed by atoms with van der Waals surface area (Å²) in [5.74, 6) is 0.207. The molecule has 0 amide bonds. The van der Waals surface area contributed by atoms with E-state index in [0.717, 1.165) is 14.5 Å². The highest BCUT2D eigenvalue weighted by Gasteiger charge is 2.16. The van der Waals surface area contributed by atoms with Gasteiger partial charge in [0.05, 0.1) is 10.8 Å². The molecule has 0 radical (unpaired) electrons. The summed E-state index contributed by atoms with van der Waals surface area (Å²) in [5, 5.41) is 9.09. The molecule has 0 saturated carbocycles. The molecule has 0 atom stereocenters. The maximum Gasteiger partial charge on any atom is 0.174 e. The van der Waals surface area contributed by atoms with Crippen molar-refractivity contribution >= 4 is 61.0 Å². The lowest BCUT2D eigenvalue weighted by Gasteiger charge is -2.08. The molecule has 4 nitrogen and oxygen atoms in total. The van der Waals surface area contributed by atoms with Gasteiger partial charge in [-0.1, -0.05) is 73.4 Å². The lowest BCUT2D eigenvalue weighted by Crippen LogP contribution is -2.05. The lowest BCUT2D eigenvalue weighted by atomic mass is 10.1. The van der Waals surface area contributed by atoms with Crippen molar-refractivity contribution in [1.29, 1.82) is 0 Å². The molecule has 0 bridgehead atoms. The van der Waals surface area contributed by atoms with E-state index in [-0.39, 0.29) is 11.5 Å². The van der Waals surface area contributed by atoms with E-state index in [1.54, 1.807) is 12.1 Å². The molecule has 1 aromatic heterocycles. The largest absolute Gasteiger partial charge is 0.293 e. The van der Waals surface area contributed by atoms with Crippen LogP contribution in [0.5, 0.6) is 0 Å². The summed E-state index contributed by atoms with van der Waals surface area (Å²) in [7, 11) is 0. The molecule has 126 valence electrons. The van der Waals surface area contributed by atoms with Crippen LogP contribution in [-0.2, 0) is 0 Å². The van der Waals surface area contributed by atoms with E-state index < -0.39 is 0 Å². The standard InChI is InChI=1S/C17H10Br2ClN3OS/c18-10-5-6-11(13(19)7-10)15(24)8-25-17-16(21-9-22-23-17)12-3-1-2-4-14(12)20/h1-7,9H,8H2. The Kier molecular flexibility index (Phi) is 6.22. The maximum absolute atomic E-state index is 12.5. The Morgan fingerprint density at radius 3 is 2.72 bits per heavy atom. The smallest absolute Gasteiger partial charge is 0.174 e. The van der Waals surface area contributed by atoms with Crippen molar-refractivity contribution in [3.63, 3.8) is 0 Å². The summed E-state index contributed by atoms with van der Waals surface area (Å²) in [5.41, 5.74) is 2.00. The summed E-state index contributed by atoms with van der Waals surface area (Å²) >= 11 is 14.3. The van der Waals surface area contributed by atoms with E-state index in [2.05, 4.69) is 47.0 Å². The normalized spacial score (nSPS) is 10.7. The molecule has 1 heterocycles. The van der Waals surface area contributed by atoms with Crippen molar-refractivity contribution in [2.24, 2.45) is 0 Å². The first-order chi connectivity index (χ1) is 12.1. The van der Waals surface area contributed by atoms with Crippen molar-refractivity contribution < 1.29 is 4.79 Å². The number of carbonyl (C=O) groups is 1. The van der Waals surface area contributed by atoms with Crippen LogP contribution in [0.3, 0.4) is 0 Å². The summed E-state index contributed by atoms with van der Waals surface area (Å²) in [6.07, 6.45) is 1.37. The molecular weight excluding hydrogens is 490 g/mol. The van der Waals surface area contributed by atoms with Crippen LogP contribution < -0.4 is 0 Å². The van der Waals surface area contributed by atoms with Crippen LogP contribution in [0.15, 0.2) is 62.8 Å². The van der Waals surface area contributed by atoms with Gasteiger partial charge in [0.25, 0.3) is 0 Å². The minimum atomic E-state index is -0.0138. The van der Waals surface area contributed by atoms with Gasteiger partial charge < -0.3 is 0 Å². The fourth-order valence-corrected chi connectivity index (χ4v) is 4.45. The second kappa shape index (κ2) is 8.40. The summed E-state index contributed by atoms with van der Waals surface area (Å²) in [6.45, 7) is 0. The van der Waals surface area contributed by atoms with Crippen LogP contribution in [0, 0.1) is 0 Å². The number of hydrogen-bond acceptors (Lipinski definition) is 5. The molecule has 2 aromatic carbocycles. The van der Waals surface area contributed by atoms with Gasteiger partial charge in [-0.15, -0.1) is 10.2 Å². The number of nitrogens with zero attached hydrogens (tertiary/aromatic N) is 3. The van der Waals surface area contributed by atoms with Gasteiger partial charge in [-0.3, -0.25) is 4.79 Å². The Labute approximate surface area is 170 Å². The molecule has 0 unspecified atom stereocenters. The molecule has 0 aliphatic heterocycles. The highest BCUT2D eigenvalue weighted by atomic mass is 79.9. The Morgan fingerprint density at radius 2 is 1.96 bits per heavy atom. The number of hydrogen-bond donors (Lipinski definition) is 0. The highest BCUT2D eigenvalue weighted by molar-refractivity contribution is 9.11. The van der Waals surface area contributed by atoms with Crippen molar-refractivity contribution in [3.8, 4) is 11.3 Å². The van der Waals surface area contributed by atoms with Crippen LogP contribution in [0.1, 0.15) is 10.4 Å². The molecule has 0 fully saturated rings. The van der Waals surface area contributed by atoms with Crippen LogP contribution >= 0.6 is 55.2 Å². The minimum absolute atomic E-state index is 0.0138. The minimum Gasteiger partial charge on any atom is -0.293 e. The Hall–Kier alpha value is -1.28. The van der Waals surface area contributed by atoms with E-state index in [1.165, 1.54) is 18.1 Å². The van der Waals surface area contributed by atoms with Gasteiger partial charge in [0, 0.05) is 20.1 Å². The first-order valence-electron chi connectivity index (χ1n) is 7.10. The average molecular weight is 500 g/mol. The number of carbonyl (C=O) groups excluding carboxylic acids is 1. The number of halogens is 3. The molecule has 8 heteroatoms. The van der Waals surface area contributed by atoms with Crippen molar-refractivity contribution in [1.82, 2.24) is 15.2 Å². The first-order valence-corrected chi connectivity index (χ1v) is 10.0. The van der Waals surface area contributed by atoms with E-state index in [0.29, 0.717) is 21.3 Å². The van der Waals surface area contributed by atoms with Crippen molar-refractivity contribution in [3.05, 3.63) is 68.3 Å². The van der Waals surface area contributed by atoms with Gasteiger partial charge in [-0.05, 0) is 24.3 Å². The van der Waals surface area contributed by atoms with Gasteiger partial charge in [0.1, 0.15) is 17.0 Å². The fraction of sp³-hybridized carbons (Fsp3) is 0.0588. The van der Waals surface area contributed by atoms with Crippen LogP contribution in [-0.4, -0.2) is 26.7 Å². The Balaban J connectivity index is 1.83. The van der Waals surface area contributed by atoms with Gasteiger partial charge >= 0.3 is 0 Å². The number of thioether (sulfide) groups is 1. The summed E-state index contributed by atoms with van der Waals surface area (Å²) < 4.78 is 1.65. The molecular formula is C17H10Br2ClN3OS. The fourth-order valence-electron chi connectivity index (χ4n) is 2.13. The van der Waals surface area contributed by atoms with Crippen LogP contribution in [0.25, 0.3) is 11.3 Å². The topological polar surface area (TPSA) is 55.7 Å². The third-order valence-corrected chi connectivity index (χ3v) is 5.72. The third kappa shape index (κ3) is 4.47. The number of benzene rings is 2. The molecule has 0 saturated heterocycles. The van der Waals surface area contributed by atoms with Crippen molar-refractivity contribution in [2.75, 3.05) is 5.75 Å². The molecule has 0 aliphatic carbocycles. The Bertz CT molecular complexity index is 939. The predicted molar refractivity (Wildman–Crippen MR) is 107 cm³/mol. The number of ketones is 1.